The molecule has 1 rings (SSSR count). The molecule has 0 aromatic heterocycles. The molecule has 80 valence electrons. The number of hydrogen-bond acceptors (Lipinski definition) is 4. The maximum atomic E-state index is 11.1. The smallest absolute Gasteiger partial charge is 0.318 e. The molecule has 6 heteroatoms. The largest absolute Gasteiger partial charge is 0.392 e. The lowest BCUT2D eigenvalue weighted by molar-refractivity contribution is -0.121. The third-order valence-corrected chi connectivity index (χ3v) is 2.11. The van der Waals surface area contributed by atoms with Gasteiger partial charge in [-0.05, 0) is 19.4 Å². The molecule has 6 nitrogen and oxygen atoms in total. The molecule has 0 aromatic rings. The van der Waals surface area contributed by atoms with Crippen LogP contribution in [0.15, 0.2) is 0 Å². The predicted octanol–water partition coefficient (Wildman–Crippen LogP) is -1.36. The van der Waals surface area contributed by atoms with E-state index in [1.807, 2.05) is 5.32 Å². The Bertz CT molecular complexity index is 232. The van der Waals surface area contributed by atoms with Crippen molar-refractivity contribution in [3.05, 3.63) is 0 Å². The minimum atomic E-state index is -0.840. The number of piperidine rings is 1. The summed E-state index contributed by atoms with van der Waals surface area (Å²) < 4.78 is 0. The molecule has 0 spiro atoms. The fourth-order valence-electron chi connectivity index (χ4n) is 1.55. The van der Waals surface area contributed by atoms with E-state index in [1.54, 1.807) is 4.90 Å². The second-order valence-electron chi connectivity index (χ2n) is 3.44. The first-order valence-corrected chi connectivity index (χ1v) is 4.57. The van der Waals surface area contributed by atoms with E-state index in [-0.39, 0.29) is 12.6 Å². The van der Waals surface area contributed by atoms with Gasteiger partial charge in [0, 0.05) is 6.54 Å². The topological polar surface area (TPSA) is 95.7 Å². The van der Waals surface area contributed by atoms with Crippen LogP contribution in [0.5, 0.6) is 0 Å². The van der Waals surface area contributed by atoms with Crippen LogP contribution >= 0.6 is 0 Å². The van der Waals surface area contributed by atoms with Gasteiger partial charge in [-0.1, -0.05) is 0 Å². The first kappa shape index (κ1) is 10.9. The van der Waals surface area contributed by atoms with Crippen molar-refractivity contribution in [1.29, 1.82) is 0 Å². The number of carbonyl (C=O) groups is 2. The van der Waals surface area contributed by atoms with Gasteiger partial charge >= 0.3 is 6.03 Å². The molecular weight excluding hydrogens is 186 g/mol. The van der Waals surface area contributed by atoms with Crippen LogP contribution in [-0.4, -0.2) is 47.7 Å². The standard InChI is InChI=1S/C8H15N3O3/c9-8(14)10-7(13)5-11-3-1-2-6(12)4-11/h6,12H,1-5H2,(H3,9,10,13,14). The Morgan fingerprint density at radius 1 is 1.57 bits per heavy atom. The Labute approximate surface area is 82.1 Å². The molecule has 1 saturated heterocycles. The molecule has 0 bridgehead atoms. The SMILES string of the molecule is NC(=O)NC(=O)CN1CCCC(O)C1. The number of nitrogens with one attached hydrogen (secondary N) is 1. The lowest BCUT2D eigenvalue weighted by atomic mass is 10.1. The first-order chi connectivity index (χ1) is 6.58. The number of carbonyl (C=O) groups excluding carboxylic acids is 2. The zero-order valence-corrected chi connectivity index (χ0v) is 7.90. The zero-order chi connectivity index (χ0) is 10.6. The summed E-state index contributed by atoms with van der Waals surface area (Å²) in [5.41, 5.74) is 4.79. The van der Waals surface area contributed by atoms with Gasteiger partial charge in [-0.2, -0.15) is 0 Å². The monoisotopic (exact) mass is 201 g/mol. The molecule has 0 aliphatic carbocycles. The Morgan fingerprint density at radius 2 is 2.29 bits per heavy atom. The normalized spacial score (nSPS) is 23.1. The maximum absolute atomic E-state index is 11.1. The number of rotatable bonds is 2. The Balaban J connectivity index is 2.28. The van der Waals surface area contributed by atoms with Crippen LogP contribution in [0.25, 0.3) is 0 Å². The van der Waals surface area contributed by atoms with Crippen LogP contribution in [0, 0.1) is 0 Å². The van der Waals surface area contributed by atoms with Crippen LogP contribution in [0.4, 0.5) is 4.79 Å². The van der Waals surface area contributed by atoms with Gasteiger partial charge < -0.3 is 10.8 Å². The summed E-state index contributed by atoms with van der Waals surface area (Å²) in [4.78, 5) is 23.2. The highest BCUT2D eigenvalue weighted by Crippen LogP contribution is 2.08. The summed E-state index contributed by atoms with van der Waals surface area (Å²) >= 11 is 0. The number of likely N-dealkylation sites (tertiary alicyclic amines) is 1. The minimum Gasteiger partial charge on any atom is -0.392 e. The summed E-state index contributed by atoms with van der Waals surface area (Å²) in [7, 11) is 0. The number of nitrogens with two attached hydrogens (primary N) is 1. The van der Waals surface area contributed by atoms with Crippen LogP contribution in [0.3, 0.4) is 0 Å². The summed E-state index contributed by atoms with van der Waals surface area (Å²) in [5.74, 6) is -0.424. The number of nitrogens with zero attached hydrogens (tertiary/aromatic N) is 1. The maximum Gasteiger partial charge on any atom is 0.318 e. The van der Waals surface area contributed by atoms with Crippen LogP contribution in [0.1, 0.15) is 12.8 Å². The number of hydrogen-bond donors (Lipinski definition) is 3. The number of urea groups is 1. The third kappa shape index (κ3) is 3.71. The quantitative estimate of drug-likeness (QED) is 0.514. The highest BCUT2D eigenvalue weighted by atomic mass is 16.3. The average Bonchev–Trinajstić information content (AvgIpc) is 2.01. The molecule has 1 heterocycles. The second-order valence-corrected chi connectivity index (χ2v) is 3.44. The van der Waals surface area contributed by atoms with Crippen molar-refractivity contribution in [2.75, 3.05) is 19.6 Å². The Kier molecular flexibility index (Phi) is 3.84. The second kappa shape index (κ2) is 4.92. The summed E-state index contributed by atoms with van der Waals surface area (Å²) in [6, 6.07) is -0.840. The van der Waals surface area contributed by atoms with Gasteiger partial charge in [0.25, 0.3) is 0 Å². The van der Waals surface area contributed by atoms with Gasteiger partial charge in [0.15, 0.2) is 0 Å². The first-order valence-electron chi connectivity index (χ1n) is 4.57. The van der Waals surface area contributed by atoms with Crippen molar-refractivity contribution in [1.82, 2.24) is 10.2 Å². The number of aliphatic hydroxyl groups is 1. The van der Waals surface area contributed by atoms with Gasteiger partial charge in [-0.15, -0.1) is 0 Å². The van der Waals surface area contributed by atoms with Gasteiger partial charge in [0.05, 0.1) is 12.6 Å². The minimum absolute atomic E-state index is 0.111. The third-order valence-electron chi connectivity index (χ3n) is 2.11. The highest BCUT2D eigenvalue weighted by Gasteiger charge is 2.19. The van der Waals surface area contributed by atoms with Gasteiger partial charge in [0.1, 0.15) is 0 Å². The fourth-order valence-corrected chi connectivity index (χ4v) is 1.55. The number of aliphatic hydroxyl groups excluding tert-OH is 1. The summed E-state index contributed by atoms with van der Waals surface area (Å²) in [6.07, 6.45) is 1.27. The number of primary amides is 1. The van der Waals surface area contributed by atoms with E-state index < -0.39 is 11.9 Å². The molecule has 14 heavy (non-hydrogen) atoms. The van der Waals surface area contributed by atoms with Gasteiger partial charge in [-0.3, -0.25) is 15.0 Å². The molecule has 1 aliphatic rings. The average molecular weight is 201 g/mol. The van der Waals surface area contributed by atoms with E-state index in [0.717, 1.165) is 19.4 Å². The van der Waals surface area contributed by atoms with E-state index in [9.17, 15) is 14.7 Å². The molecule has 1 fully saturated rings. The van der Waals surface area contributed by atoms with Crippen molar-refractivity contribution in [3.63, 3.8) is 0 Å². The zero-order valence-electron chi connectivity index (χ0n) is 7.90. The summed E-state index contributed by atoms with van der Waals surface area (Å²) in [5, 5.41) is 11.3. The number of imide groups is 1. The van der Waals surface area contributed by atoms with E-state index in [0.29, 0.717) is 6.54 Å². The van der Waals surface area contributed by atoms with Gasteiger partial charge in [-0.25, -0.2) is 4.79 Å². The summed E-state index contributed by atoms with van der Waals surface area (Å²) in [6.45, 7) is 1.36. The van der Waals surface area contributed by atoms with E-state index in [1.165, 1.54) is 0 Å². The lowest BCUT2D eigenvalue weighted by Crippen LogP contribution is -2.46. The van der Waals surface area contributed by atoms with Crippen molar-refractivity contribution >= 4 is 11.9 Å². The van der Waals surface area contributed by atoms with Gasteiger partial charge in [0.2, 0.25) is 5.91 Å². The molecular formula is C8H15N3O3. The molecule has 0 radical (unpaired) electrons. The number of β-amino-alcohol motifs (C(OH)–C–C–N with tert-alkyl or cyclic N) is 1. The molecule has 1 unspecified atom stereocenters. The molecule has 1 atom stereocenters. The van der Waals surface area contributed by atoms with Crippen molar-refractivity contribution < 1.29 is 14.7 Å². The highest BCUT2D eigenvalue weighted by molar-refractivity contribution is 5.94. The Hall–Kier alpha value is -1.14. The number of amides is 3. The Morgan fingerprint density at radius 3 is 2.86 bits per heavy atom. The van der Waals surface area contributed by atoms with Crippen molar-refractivity contribution in [2.45, 2.75) is 18.9 Å². The fraction of sp³-hybridized carbons (Fsp3) is 0.750. The van der Waals surface area contributed by atoms with E-state index >= 15 is 0 Å². The van der Waals surface area contributed by atoms with E-state index in [4.69, 9.17) is 5.73 Å². The predicted molar refractivity (Wildman–Crippen MR) is 49.4 cm³/mol. The lowest BCUT2D eigenvalue weighted by Gasteiger charge is -2.28. The molecule has 1 aliphatic heterocycles. The van der Waals surface area contributed by atoms with E-state index in [2.05, 4.69) is 0 Å². The molecule has 0 aromatic carbocycles. The molecule has 0 saturated carbocycles. The van der Waals surface area contributed by atoms with Crippen molar-refractivity contribution in [2.24, 2.45) is 5.73 Å². The van der Waals surface area contributed by atoms with Crippen molar-refractivity contribution in [3.8, 4) is 0 Å². The van der Waals surface area contributed by atoms with Crippen LogP contribution < -0.4 is 11.1 Å². The van der Waals surface area contributed by atoms with Crippen LogP contribution in [-0.2, 0) is 4.79 Å². The van der Waals surface area contributed by atoms with Crippen LogP contribution in [0.2, 0.25) is 0 Å². The molecule has 3 amide bonds. The molecule has 4 N–H and O–H groups in total.